The van der Waals surface area contributed by atoms with Crippen LogP contribution in [0.5, 0.6) is 0 Å². The second kappa shape index (κ2) is 6.60. The van der Waals surface area contributed by atoms with Crippen molar-refractivity contribution in [3.63, 3.8) is 0 Å². The summed E-state index contributed by atoms with van der Waals surface area (Å²) in [6, 6.07) is 8.29. The molecule has 0 aromatic heterocycles. The Labute approximate surface area is 113 Å². The van der Waals surface area contributed by atoms with E-state index in [9.17, 15) is 13.0 Å². The van der Waals surface area contributed by atoms with Gasteiger partial charge in [0.25, 0.3) is 0 Å². The van der Waals surface area contributed by atoms with Gasteiger partial charge in [0.15, 0.2) is 0 Å². The second-order valence-electron chi connectivity index (χ2n) is 3.85. The van der Waals surface area contributed by atoms with Gasteiger partial charge in [-0.25, -0.2) is 0 Å². The third-order valence-corrected chi connectivity index (χ3v) is 6.08. The fourth-order valence-corrected chi connectivity index (χ4v) is 4.77. The van der Waals surface area contributed by atoms with Crippen molar-refractivity contribution in [1.82, 2.24) is 0 Å². The number of benzene rings is 1. The normalized spacial score (nSPS) is 11.5. The van der Waals surface area contributed by atoms with Crippen LogP contribution in [0.2, 0.25) is 4.47 Å². The third kappa shape index (κ3) is 6.27. The maximum absolute atomic E-state index is 10.4. The number of anilines is 1. The number of rotatable bonds is 6. The maximum atomic E-state index is 10.4. The van der Waals surface area contributed by atoms with Gasteiger partial charge in [0.1, 0.15) is 0 Å². The Balaban J connectivity index is 2.37. The van der Waals surface area contributed by atoms with Gasteiger partial charge < -0.3 is 0 Å². The van der Waals surface area contributed by atoms with Crippen LogP contribution in [-0.4, -0.2) is 53.7 Å². The fourth-order valence-electron chi connectivity index (χ4n) is 1.27. The zero-order chi connectivity index (χ0) is 12.9. The van der Waals surface area contributed by atoms with Gasteiger partial charge in [-0.15, -0.1) is 0 Å². The van der Waals surface area contributed by atoms with Crippen molar-refractivity contribution in [2.75, 3.05) is 24.7 Å². The Kier molecular flexibility index (Phi) is 5.74. The number of hydrogen-bond acceptors (Lipinski definition) is 4. The van der Waals surface area contributed by atoms with Gasteiger partial charge in [-0.3, -0.25) is 0 Å². The summed E-state index contributed by atoms with van der Waals surface area (Å²) in [6.07, 6.45) is 0.490. The number of hydrogen-bond donors (Lipinski definition) is 0. The summed E-state index contributed by atoms with van der Waals surface area (Å²) in [5.74, 6) is -0.229. The molecule has 4 nitrogen and oxygen atoms in total. The minimum atomic E-state index is -4.03. The van der Waals surface area contributed by atoms with E-state index in [-0.39, 0.29) is 26.7 Å². The third-order valence-electron chi connectivity index (χ3n) is 2.16. The van der Waals surface area contributed by atoms with Crippen molar-refractivity contribution < 1.29 is 13.0 Å². The molecule has 1 aromatic rings. The number of nitrogens with zero attached hydrogens (tertiary/aromatic N) is 1. The molecule has 0 atom stereocenters. The first kappa shape index (κ1) is 14.8. The Bertz CT molecular complexity index is 442. The van der Waals surface area contributed by atoms with Crippen LogP contribution < -0.4 is 8.51 Å². The molecule has 0 bridgehead atoms. The van der Waals surface area contributed by atoms with E-state index >= 15 is 0 Å². The van der Waals surface area contributed by atoms with Crippen molar-refractivity contribution in [2.24, 2.45) is 0 Å². The zero-order valence-corrected chi connectivity index (χ0v) is 13.1. The molecule has 17 heavy (non-hydrogen) atoms. The van der Waals surface area contributed by atoms with Crippen LogP contribution in [0.4, 0.5) is 5.69 Å². The molecule has 96 valence electrons. The van der Waals surface area contributed by atoms with E-state index in [2.05, 4.69) is 24.3 Å². The molecule has 0 saturated carbocycles. The van der Waals surface area contributed by atoms with E-state index in [0.717, 1.165) is 10.2 Å². The summed E-state index contributed by atoms with van der Waals surface area (Å²) in [5, 5.41) is 0. The molecule has 1 aromatic carbocycles. The Morgan fingerprint density at radius 2 is 1.82 bits per heavy atom. The monoisotopic (exact) mass is 372 g/mol. The topological polar surface area (TPSA) is 60.4 Å². The molecular formula is C11H16NO3STe-. The van der Waals surface area contributed by atoms with Crippen LogP contribution >= 0.6 is 0 Å². The SMILES string of the molecule is CN(C)c1ccc([Te]CCCS(=O)(=O)[O-])cc1. The first-order valence-corrected chi connectivity index (χ1v) is 9.61. The quantitative estimate of drug-likeness (QED) is 0.414. The van der Waals surface area contributed by atoms with Crippen LogP contribution in [0.25, 0.3) is 0 Å². The summed E-state index contributed by atoms with van der Waals surface area (Å²) in [6.45, 7) is 0. The Morgan fingerprint density at radius 1 is 1.24 bits per heavy atom. The summed E-state index contributed by atoms with van der Waals surface area (Å²) in [4.78, 5) is 2.04. The summed E-state index contributed by atoms with van der Waals surface area (Å²) >= 11 is -0.363. The molecule has 0 aliphatic rings. The average molecular weight is 370 g/mol. The zero-order valence-electron chi connectivity index (χ0n) is 9.92. The first-order valence-electron chi connectivity index (χ1n) is 5.22. The van der Waals surface area contributed by atoms with Crippen molar-refractivity contribution in [2.45, 2.75) is 10.9 Å². The predicted octanol–water partition coefficient (Wildman–Crippen LogP) is 0.436. The molecule has 0 N–H and O–H groups in total. The van der Waals surface area contributed by atoms with E-state index in [1.54, 1.807) is 0 Å². The molecular weight excluding hydrogens is 354 g/mol. The molecule has 0 unspecified atom stereocenters. The van der Waals surface area contributed by atoms with Gasteiger partial charge in [-0.1, -0.05) is 0 Å². The molecule has 0 heterocycles. The van der Waals surface area contributed by atoms with Gasteiger partial charge >= 0.3 is 113 Å². The van der Waals surface area contributed by atoms with Crippen LogP contribution in [0.3, 0.4) is 0 Å². The van der Waals surface area contributed by atoms with Crippen molar-refractivity contribution in [1.29, 1.82) is 0 Å². The molecule has 0 saturated heterocycles. The van der Waals surface area contributed by atoms with Crippen LogP contribution in [0.15, 0.2) is 24.3 Å². The molecule has 0 spiro atoms. The van der Waals surface area contributed by atoms with Crippen LogP contribution in [-0.2, 0) is 10.1 Å². The van der Waals surface area contributed by atoms with Gasteiger partial charge in [-0.05, 0) is 0 Å². The summed E-state index contributed by atoms with van der Waals surface area (Å²) in [5.41, 5.74) is 1.16. The van der Waals surface area contributed by atoms with E-state index < -0.39 is 10.1 Å². The predicted molar refractivity (Wildman–Crippen MR) is 70.1 cm³/mol. The average Bonchev–Trinajstić information content (AvgIpc) is 2.24. The van der Waals surface area contributed by atoms with Gasteiger partial charge in [-0.2, -0.15) is 0 Å². The minimum absolute atomic E-state index is 0.229. The molecule has 6 heteroatoms. The van der Waals surface area contributed by atoms with E-state index in [4.69, 9.17) is 0 Å². The van der Waals surface area contributed by atoms with E-state index in [0.29, 0.717) is 6.42 Å². The summed E-state index contributed by atoms with van der Waals surface area (Å²) < 4.78 is 33.4. The standard InChI is InChI=1S/C11H17NO3STe/c1-12(2)10-4-6-11(7-5-10)17-9-3-8-16(13,14)15/h4-7H,3,8-9H2,1-2H3,(H,13,14,15)/p-1. The van der Waals surface area contributed by atoms with Gasteiger partial charge in [0, 0.05) is 0 Å². The molecule has 0 radical (unpaired) electrons. The fraction of sp³-hybridized carbons (Fsp3) is 0.455. The first-order chi connectivity index (χ1) is 7.88. The summed E-state index contributed by atoms with van der Waals surface area (Å²) in [7, 11) is -0.0506. The van der Waals surface area contributed by atoms with Crippen molar-refractivity contribution in [3.05, 3.63) is 24.3 Å². The van der Waals surface area contributed by atoms with Crippen LogP contribution in [0.1, 0.15) is 6.42 Å². The van der Waals surface area contributed by atoms with Crippen LogP contribution in [0, 0.1) is 0 Å². The molecule has 0 amide bonds. The molecule has 0 aliphatic heterocycles. The Morgan fingerprint density at radius 3 is 2.29 bits per heavy atom. The second-order valence-corrected chi connectivity index (χ2v) is 8.71. The van der Waals surface area contributed by atoms with Crippen molar-refractivity contribution >= 4 is 40.3 Å². The van der Waals surface area contributed by atoms with Gasteiger partial charge in [0.2, 0.25) is 0 Å². The van der Waals surface area contributed by atoms with E-state index in [1.807, 2.05) is 19.0 Å². The van der Waals surface area contributed by atoms with Crippen molar-refractivity contribution in [3.8, 4) is 0 Å². The molecule has 0 aliphatic carbocycles. The Hall–Kier alpha value is -0.280. The molecule has 1 rings (SSSR count). The van der Waals surface area contributed by atoms with Gasteiger partial charge in [0.05, 0.1) is 0 Å². The van der Waals surface area contributed by atoms with E-state index in [1.165, 1.54) is 3.61 Å². The molecule has 0 fully saturated rings.